The van der Waals surface area contributed by atoms with Crippen LogP contribution in [0.25, 0.3) is 5.52 Å². The van der Waals surface area contributed by atoms with Gasteiger partial charge in [-0.1, -0.05) is 0 Å². The number of aryl methyl sites for hydroxylation is 1. The van der Waals surface area contributed by atoms with Crippen LogP contribution < -0.4 is 5.32 Å². The molecule has 0 aliphatic heterocycles. The molecule has 0 amide bonds. The molecule has 0 aliphatic carbocycles. The minimum atomic E-state index is -4.19. The van der Waals surface area contributed by atoms with E-state index in [2.05, 4.69) is 15.4 Å². The van der Waals surface area contributed by atoms with E-state index in [1.165, 1.54) is 0 Å². The van der Waals surface area contributed by atoms with Crippen LogP contribution in [-0.2, 0) is 0 Å². The van der Waals surface area contributed by atoms with Gasteiger partial charge in [-0.2, -0.15) is 18.3 Å². The number of aromatic nitrogens is 3. The summed E-state index contributed by atoms with van der Waals surface area (Å²) in [6.45, 7) is 2.04. The second-order valence-corrected chi connectivity index (χ2v) is 4.77. The zero-order valence-electron chi connectivity index (χ0n) is 9.53. The monoisotopic (exact) mass is 276 g/mol. The Bertz CT molecular complexity index is 537. The van der Waals surface area contributed by atoms with Gasteiger partial charge in [-0.25, -0.2) is 9.50 Å². The van der Waals surface area contributed by atoms with E-state index in [0.717, 1.165) is 11.2 Å². The van der Waals surface area contributed by atoms with Crippen LogP contribution in [0.15, 0.2) is 18.5 Å². The summed E-state index contributed by atoms with van der Waals surface area (Å²) in [6, 6.07) is 1.83. The second kappa shape index (κ2) is 5.05. The van der Waals surface area contributed by atoms with Gasteiger partial charge in [0.25, 0.3) is 0 Å². The Labute approximate surface area is 106 Å². The molecule has 4 nitrogen and oxygen atoms in total. The van der Waals surface area contributed by atoms with E-state index in [-0.39, 0.29) is 24.1 Å². The van der Waals surface area contributed by atoms with E-state index in [1.54, 1.807) is 16.9 Å². The summed E-state index contributed by atoms with van der Waals surface area (Å²) in [4.78, 5) is 4.09. The Morgan fingerprint density at radius 3 is 2.94 bits per heavy atom. The summed E-state index contributed by atoms with van der Waals surface area (Å²) in [5, 5.41) is 7.07. The third-order valence-electron chi connectivity index (χ3n) is 2.17. The van der Waals surface area contributed by atoms with Crippen molar-refractivity contribution in [3.63, 3.8) is 0 Å². The van der Waals surface area contributed by atoms with E-state index in [1.807, 2.05) is 13.0 Å². The van der Waals surface area contributed by atoms with Gasteiger partial charge < -0.3 is 5.32 Å². The summed E-state index contributed by atoms with van der Waals surface area (Å²) < 4.78 is 37.5. The third kappa shape index (κ3) is 3.28. The van der Waals surface area contributed by atoms with E-state index in [4.69, 9.17) is 0 Å². The minimum absolute atomic E-state index is 0.0493. The van der Waals surface area contributed by atoms with Crippen molar-refractivity contribution in [2.75, 3.05) is 17.6 Å². The van der Waals surface area contributed by atoms with Crippen molar-refractivity contribution in [1.82, 2.24) is 14.6 Å². The number of hydrogen-bond acceptors (Lipinski definition) is 4. The van der Waals surface area contributed by atoms with Crippen molar-refractivity contribution >= 4 is 23.1 Å². The summed E-state index contributed by atoms with van der Waals surface area (Å²) in [5.41, 5.74) is -2.60. The molecule has 0 atom stereocenters. The van der Waals surface area contributed by atoms with Crippen molar-refractivity contribution in [3.05, 3.63) is 24.2 Å². The maximum absolute atomic E-state index is 11.9. The molecule has 2 aromatic rings. The molecule has 18 heavy (non-hydrogen) atoms. The zero-order chi connectivity index (χ0) is 13.2. The SMILES string of the molecule is Cc1cc2c(NCCSC(F)(F)F)nccn2n1. The largest absolute Gasteiger partial charge is 0.441 e. The normalized spacial score (nSPS) is 12.0. The molecule has 0 bridgehead atoms. The number of hydrogen-bond donors (Lipinski definition) is 1. The maximum Gasteiger partial charge on any atom is 0.441 e. The smallest absolute Gasteiger partial charge is 0.367 e. The van der Waals surface area contributed by atoms with Crippen molar-refractivity contribution in [3.8, 4) is 0 Å². The van der Waals surface area contributed by atoms with E-state index in [9.17, 15) is 13.2 Å². The van der Waals surface area contributed by atoms with Gasteiger partial charge in [-0.05, 0) is 24.8 Å². The number of nitrogens with one attached hydrogen (secondary N) is 1. The van der Waals surface area contributed by atoms with E-state index in [0.29, 0.717) is 5.82 Å². The third-order valence-corrected chi connectivity index (χ3v) is 2.91. The van der Waals surface area contributed by atoms with Crippen LogP contribution in [-0.4, -0.2) is 32.4 Å². The first-order chi connectivity index (χ1) is 8.46. The van der Waals surface area contributed by atoms with Crippen LogP contribution in [0, 0.1) is 6.92 Å². The fourth-order valence-electron chi connectivity index (χ4n) is 1.52. The lowest BCUT2D eigenvalue weighted by Crippen LogP contribution is -2.11. The molecular formula is C10H11F3N4S. The molecule has 0 fully saturated rings. The Balaban J connectivity index is 1.99. The molecule has 1 N–H and O–H groups in total. The van der Waals surface area contributed by atoms with Gasteiger partial charge >= 0.3 is 5.51 Å². The highest BCUT2D eigenvalue weighted by atomic mass is 32.2. The fourth-order valence-corrected chi connectivity index (χ4v) is 1.95. The predicted molar refractivity (Wildman–Crippen MR) is 64.7 cm³/mol. The Morgan fingerprint density at radius 1 is 1.44 bits per heavy atom. The van der Waals surface area contributed by atoms with E-state index < -0.39 is 5.51 Å². The van der Waals surface area contributed by atoms with Crippen LogP contribution in [0.2, 0.25) is 0 Å². The van der Waals surface area contributed by atoms with Crippen LogP contribution in [0.5, 0.6) is 0 Å². The lowest BCUT2D eigenvalue weighted by molar-refractivity contribution is -0.0327. The molecule has 8 heteroatoms. The summed E-state index contributed by atoms with van der Waals surface area (Å²) in [6.07, 6.45) is 3.25. The molecular weight excluding hydrogens is 265 g/mol. The zero-order valence-corrected chi connectivity index (χ0v) is 10.3. The minimum Gasteiger partial charge on any atom is -0.367 e. The molecule has 0 spiro atoms. The molecule has 2 heterocycles. The maximum atomic E-state index is 11.9. The van der Waals surface area contributed by atoms with Gasteiger partial charge in [-0.3, -0.25) is 0 Å². The number of rotatable bonds is 4. The average Bonchev–Trinajstić information content (AvgIpc) is 2.64. The first kappa shape index (κ1) is 13.0. The molecule has 2 rings (SSSR count). The molecule has 0 saturated carbocycles. The van der Waals surface area contributed by atoms with Crippen LogP contribution in [0.4, 0.5) is 19.0 Å². The lowest BCUT2D eigenvalue weighted by atomic mass is 10.4. The summed E-state index contributed by atoms with van der Waals surface area (Å²) in [7, 11) is 0. The standard InChI is InChI=1S/C10H11F3N4S/c1-7-6-8-9(14-2-4-17(8)16-7)15-3-5-18-10(11,12)13/h2,4,6H,3,5H2,1H3,(H,14,15). The van der Waals surface area contributed by atoms with Gasteiger partial charge in [0.15, 0.2) is 5.82 Å². The number of anilines is 1. The number of thioether (sulfide) groups is 1. The number of nitrogens with zero attached hydrogens (tertiary/aromatic N) is 3. The van der Waals surface area contributed by atoms with Gasteiger partial charge in [0, 0.05) is 24.7 Å². The number of halogens is 3. The van der Waals surface area contributed by atoms with Crippen molar-refractivity contribution < 1.29 is 13.2 Å². The first-order valence-corrected chi connectivity index (χ1v) is 6.20. The van der Waals surface area contributed by atoms with Crippen LogP contribution in [0.3, 0.4) is 0 Å². The molecule has 0 unspecified atom stereocenters. The van der Waals surface area contributed by atoms with E-state index >= 15 is 0 Å². The highest BCUT2D eigenvalue weighted by Gasteiger charge is 2.27. The van der Waals surface area contributed by atoms with Gasteiger partial charge in [0.2, 0.25) is 0 Å². The topological polar surface area (TPSA) is 42.2 Å². The van der Waals surface area contributed by atoms with Gasteiger partial charge in [0.05, 0.1) is 5.69 Å². The fraction of sp³-hybridized carbons (Fsp3) is 0.400. The molecule has 0 aromatic carbocycles. The van der Waals surface area contributed by atoms with Crippen molar-refractivity contribution in [1.29, 1.82) is 0 Å². The van der Waals surface area contributed by atoms with Gasteiger partial charge in [0.1, 0.15) is 5.52 Å². The molecule has 98 valence electrons. The predicted octanol–water partition coefficient (Wildman–Crippen LogP) is 2.70. The molecule has 0 radical (unpaired) electrons. The Morgan fingerprint density at radius 2 is 2.22 bits per heavy atom. The average molecular weight is 276 g/mol. The highest BCUT2D eigenvalue weighted by Crippen LogP contribution is 2.29. The highest BCUT2D eigenvalue weighted by molar-refractivity contribution is 8.00. The number of alkyl halides is 3. The Hall–Kier alpha value is -1.44. The number of fused-ring (bicyclic) bond motifs is 1. The summed E-state index contributed by atoms with van der Waals surface area (Å²) >= 11 is -0.0493. The lowest BCUT2D eigenvalue weighted by Gasteiger charge is -2.08. The first-order valence-electron chi connectivity index (χ1n) is 5.21. The van der Waals surface area contributed by atoms with Gasteiger partial charge in [-0.15, -0.1) is 0 Å². The van der Waals surface area contributed by atoms with Crippen molar-refractivity contribution in [2.45, 2.75) is 12.4 Å². The Kier molecular flexibility index (Phi) is 3.65. The molecule has 2 aromatic heterocycles. The molecule has 0 saturated heterocycles. The second-order valence-electron chi connectivity index (χ2n) is 3.61. The molecule has 0 aliphatic rings. The summed E-state index contributed by atoms with van der Waals surface area (Å²) in [5.74, 6) is 0.486. The van der Waals surface area contributed by atoms with Crippen molar-refractivity contribution in [2.24, 2.45) is 0 Å². The van der Waals surface area contributed by atoms with Crippen LogP contribution in [0.1, 0.15) is 5.69 Å². The van der Waals surface area contributed by atoms with Crippen LogP contribution >= 0.6 is 11.8 Å². The quantitative estimate of drug-likeness (QED) is 0.872.